The van der Waals surface area contributed by atoms with Crippen LogP contribution in [0.15, 0.2) is 12.1 Å². The first-order chi connectivity index (χ1) is 8.78. The Balaban J connectivity index is 2.99. The van der Waals surface area contributed by atoms with Gasteiger partial charge in [0.15, 0.2) is 0 Å². The van der Waals surface area contributed by atoms with E-state index in [1.165, 1.54) is 0 Å². The number of ether oxygens (including phenoxy) is 1. The first-order valence-electron chi connectivity index (χ1n) is 5.89. The van der Waals surface area contributed by atoms with Gasteiger partial charge in [-0.1, -0.05) is 0 Å². The quantitative estimate of drug-likeness (QED) is 0.706. The fraction of sp³-hybridized carbons (Fsp3) is 0.462. The average Bonchev–Trinajstić information content (AvgIpc) is 2.28. The molecule has 0 heterocycles. The molecule has 1 rings (SSSR count). The summed E-state index contributed by atoms with van der Waals surface area (Å²) in [7, 11) is 0. The van der Waals surface area contributed by atoms with E-state index < -0.39 is 11.7 Å². The summed E-state index contributed by atoms with van der Waals surface area (Å²) in [6.07, 6.45) is -0.535. The Morgan fingerprint density at radius 3 is 2.53 bits per heavy atom. The summed E-state index contributed by atoms with van der Waals surface area (Å²) in [5, 5.41) is 12.0. The lowest BCUT2D eigenvalue weighted by Crippen LogP contribution is -2.27. The molecule has 5 nitrogen and oxygen atoms in total. The largest absolute Gasteiger partial charge is 0.444 e. The Labute approximate surface area is 126 Å². The molecule has 6 heteroatoms. The second-order valence-electron chi connectivity index (χ2n) is 5.04. The third-order valence-corrected chi connectivity index (χ3v) is 3.38. The third-order valence-electron chi connectivity index (χ3n) is 2.37. The van der Waals surface area contributed by atoms with Crippen molar-refractivity contribution in [3.8, 4) is 0 Å². The number of aliphatic hydroxyl groups is 1. The molecule has 0 saturated carbocycles. The van der Waals surface area contributed by atoms with Crippen LogP contribution in [0, 0.1) is 3.57 Å². The molecule has 0 radical (unpaired) electrons. The van der Waals surface area contributed by atoms with Gasteiger partial charge in [0, 0.05) is 15.8 Å². The molecule has 1 aromatic carbocycles. The number of amides is 1. The SMILES string of the molecule is CC(C)(C)OC(=O)Nc1ccc(I)c(CO)c1CN. The fourth-order valence-corrected chi connectivity index (χ4v) is 2.28. The van der Waals surface area contributed by atoms with Crippen LogP contribution in [0.4, 0.5) is 10.5 Å². The third kappa shape index (κ3) is 4.63. The van der Waals surface area contributed by atoms with Crippen molar-refractivity contribution in [1.29, 1.82) is 0 Å². The van der Waals surface area contributed by atoms with E-state index in [1.807, 2.05) is 6.07 Å². The van der Waals surface area contributed by atoms with Crippen molar-refractivity contribution in [3.05, 3.63) is 26.8 Å². The number of hydrogen-bond donors (Lipinski definition) is 3. The highest BCUT2D eigenvalue weighted by Gasteiger charge is 2.18. The predicted octanol–water partition coefficient (Wildman–Crippen LogP) is 2.59. The minimum atomic E-state index is -0.560. The second kappa shape index (κ2) is 6.53. The average molecular weight is 378 g/mol. The number of hydrogen-bond acceptors (Lipinski definition) is 4. The number of carbonyl (C=O) groups excluding carboxylic acids is 1. The number of benzene rings is 1. The van der Waals surface area contributed by atoms with Crippen LogP contribution in [0.5, 0.6) is 0 Å². The number of halogens is 1. The van der Waals surface area contributed by atoms with Crippen molar-refractivity contribution in [2.24, 2.45) is 5.73 Å². The van der Waals surface area contributed by atoms with Crippen LogP contribution in [0.3, 0.4) is 0 Å². The van der Waals surface area contributed by atoms with Crippen molar-refractivity contribution in [3.63, 3.8) is 0 Å². The second-order valence-corrected chi connectivity index (χ2v) is 6.20. The van der Waals surface area contributed by atoms with Gasteiger partial charge in [-0.05, 0) is 66.6 Å². The number of anilines is 1. The first-order valence-corrected chi connectivity index (χ1v) is 6.97. The molecule has 0 unspecified atom stereocenters. The smallest absolute Gasteiger partial charge is 0.412 e. The van der Waals surface area contributed by atoms with Crippen LogP contribution >= 0.6 is 22.6 Å². The van der Waals surface area contributed by atoms with Crippen LogP contribution in [-0.2, 0) is 17.9 Å². The number of nitrogens with one attached hydrogen (secondary N) is 1. The van der Waals surface area contributed by atoms with Gasteiger partial charge < -0.3 is 15.6 Å². The lowest BCUT2D eigenvalue weighted by Gasteiger charge is -2.21. The molecule has 0 spiro atoms. The number of nitrogens with two attached hydrogens (primary N) is 1. The molecule has 0 aliphatic carbocycles. The van der Waals surface area contributed by atoms with Crippen molar-refractivity contribution in [1.82, 2.24) is 0 Å². The number of aliphatic hydroxyl groups excluding tert-OH is 1. The predicted molar refractivity (Wildman–Crippen MR) is 82.8 cm³/mol. The Kier molecular flexibility index (Phi) is 5.57. The molecule has 0 bridgehead atoms. The summed E-state index contributed by atoms with van der Waals surface area (Å²) in [4.78, 5) is 11.7. The monoisotopic (exact) mass is 378 g/mol. The molecule has 0 aliphatic rings. The molecule has 0 saturated heterocycles. The maximum absolute atomic E-state index is 11.7. The van der Waals surface area contributed by atoms with Crippen molar-refractivity contribution >= 4 is 34.4 Å². The van der Waals surface area contributed by atoms with Gasteiger partial charge >= 0.3 is 6.09 Å². The lowest BCUT2D eigenvalue weighted by molar-refractivity contribution is 0.0635. The molecule has 106 valence electrons. The van der Waals surface area contributed by atoms with Crippen LogP contribution in [0.2, 0.25) is 0 Å². The zero-order valence-electron chi connectivity index (χ0n) is 11.3. The van der Waals surface area contributed by atoms with Gasteiger partial charge in [0.05, 0.1) is 6.61 Å². The van der Waals surface area contributed by atoms with E-state index in [1.54, 1.807) is 26.8 Å². The fourth-order valence-electron chi connectivity index (χ4n) is 1.60. The number of carbonyl (C=O) groups is 1. The zero-order valence-corrected chi connectivity index (χ0v) is 13.4. The molecule has 1 amide bonds. The van der Waals surface area contributed by atoms with Gasteiger partial charge in [0.2, 0.25) is 0 Å². The van der Waals surface area contributed by atoms with E-state index in [-0.39, 0.29) is 13.2 Å². The van der Waals surface area contributed by atoms with E-state index in [0.29, 0.717) is 5.69 Å². The van der Waals surface area contributed by atoms with Crippen molar-refractivity contribution in [2.45, 2.75) is 39.5 Å². The topological polar surface area (TPSA) is 84.6 Å². The summed E-state index contributed by atoms with van der Waals surface area (Å²) < 4.78 is 6.10. The van der Waals surface area contributed by atoms with Crippen molar-refractivity contribution < 1.29 is 14.6 Å². The maximum Gasteiger partial charge on any atom is 0.412 e. The van der Waals surface area contributed by atoms with Crippen LogP contribution in [0.25, 0.3) is 0 Å². The molecule has 1 aromatic rings. The summed E-state index contributed by atoms with van der Waals surface area (Å²) in [5.41, 5.74) is 7.16. The maximum atomic E-state index is 11.7. The molecular weight excluding hydrogens is 359 g/mol. The Morgan fingerprint density at radius 2 is 2.05 bits per heavy atom. The Morgan fingerprint density at radius 1 is 1.42 bits per heavy atom. The minimum Gasteiger partial charge on any atom is -0.444 e. The minimum absolute atomic E-state index is 0.116. The van der Waals surface area contributed by atoms with Crippen LogP contribution < -0.4 is 11.1 Å². The molecule has 4 N–H and O–H groups in total. The standard InChI is InChI=1S/C13H19IN2O3/c1-13(2,3)19-12(18)16-11-5-4-10(14)9(7-17)8(11)6-15/h4-5,17H,6-7,15H2,1-3H3,(H,16,18). The zero-order chi connectivity index (χ0) is 14.6. The van der Waals surface area contributed by atoms with E-state index in [2.05, 4.69) is 27.9 Å². The van der Waals surface area contributed by atoms with Gasteiger partial charge in [-0.3, -0.25) is 5.32 Å². The first kappa shape index (κ1) is 16.2. The van der Waals surface area contributed by atoms with Crippen molar-refractivity contribution in [2.75, 3.05) is 5.32 Å². The van der Waals surface area contributed by atoms with E-state index in [0.717, 1.165) is 14.7 Å². The van der Waals surface area contributed by atoms with Gasteiger partial charge in [-0.15, -0.1) is 0 Å². The molecule has 0 fully saturated rings. The van der Waals surface area contributed by atoms with Gasteiger partial charge in [-0.2, -0.15) is 0 Å². The Bertz CT molecular complexity index is 470. The van der Waals surface area contributed by atoms with E-state index >= 15 is 0 Å². The van der Waals surface area contributed by atoms with Gasteiger partial charge in [0.25, 0.3) is 0 Å². The number of rotatable bonds is 3. The summed E-state index contributed by atoms with van der Waals surface area (Å²) in [6.45, 7) is 5.50. The van der Waals surface area contributed by atoms with Crippen LogP contribution in [0.1, 0.15) is 31.9 Å². The molecule has 0 atom stereocenters. The lowest BCUT2D eigenvalue weighted by atomic mass is 10.1. The highest BCUT2D eigenvalue weighted by Crippen LogP contribution is 2.25. The molecule has 19 heavy (non-hydrogen) atoms. The van der Waals surface area contributed by atoms with Crippen LogP contribution in [-0.4, -0.2) is 16.8 Å². The highest BCUT2D eigenvalue weighted by molar-refractivity contribution is 14.1. The van der Waals surface area contributed by atoms with E-state index in [9.17, 15) is 9.90 Å². The summed E-state index contributed by atoms with van der Waals surface area (Å²) in [5.74, 6) is 0. The van der Waals surface area contributed by atoms with E-state index in [4.69, 9.17) is 10.5 Å². The molecular formula is C13H19IN2O3. The Hall–Kier alpha value is -0.860. The highest BCUT2D eigenvalue weighted by atomic mass is 127. The van der Waals surface area contributed by atoms with Gasteiger partial charge in [-0.25, -0.2) is 4.79 Å². The summed E-state index contributed by atoms with van der Waals surface area (Å²) >= 11 is 2.12. The summed E-state index contributed by atoms with van der Waals surface area (Å²) in [6, 6.07) is 3.57. The normalized spacial score (nSPS) is 11.3. The molecule has 0 aliphatic heterocycles. The molecule has 0 aromatic heterocycles. The van der Waals surface area contributed by atoms with Gasteiger partial charge in [0.1, 0.15) is 5.60 Å².